The lowest BCUT2D eigenvalue weighted by molar-refractivity contribution is -0.385. The van der Waals surface area contributed by atoms with E-state index in [4.69, 9.17) is 4.74 Å². The summed E-state index contributed by atoms with van der Waals surface area (Å²) in [6, 6.07) is 17.4. The Labute approximate surface area is 206 Å². The van der Waals surface area contributed by atoms with Gasteiger partial charge in [-0.15, -0.1) is 0 Å². The predicted octanol–water partition coefficient (Wildman–Crippen LogP) is 3.96. The van der Waals surface area contributed by atoms with Crippen LogP contribution < -0.4 is 0 Å². The van der Waals surface area contributed by atoms with Gasteiger partial charge in [0.1, 0.15) is 11.1 Å². The first-order valence-corrected chi connectivity index (χ1v) is 11.2. The summed E-state index contributed by atoms with van der Waals surface area (Å²) in [5.74, 6) is -2.90. The third kappa shape index (κ3) is 4.50. The van der Waals surface area contributed by atoms with Gasteiger partial charge in [-0.25, -0.2) is 4.79 Å². The van der Waals surface area contributed by atoms with E-state index in [-0.39, 0.29) is 22.7 Å². The summed E-state index contributed by atoms with van der Waals surface area (Å²) in [5.41, 5.74) is -0.900. The third-order valence-corrected chi connectivity index (χ3v) is 5.93. The lowest BCUT2D eigenvalue weighted by Gasteiger charge is -2.26. The molecule has 3 aromatic rings. The second kappa shape index (κ2) is 9.91. The highest BCUT2D eigenvalue weighted by atomic mass is 16.6. The fraction of sp³-hybridized carbons (Fsp3) is 0.185. The summed E-state index contributed by atoms with van der Waals surface area (Å²) in [6.45, 7) is 3.28. The van der Waals surface area contributed by atoms with Gasteiger partial charge in [-0.1, -0.05) is 54.6 Å². The SMILES string of the molecule is CC(C)N(Cc1ccccc1)C(=O)COC(=O)c1ccc2c(c1[N+](=O)[O-])C(=O)c1ccccc1C2=O. The van der Waals surface area contributed by atoms with Crippen LogP contribution in [0.25, 0.3) is 0 Å². The molecule has 0 spiro atoms. The van der Waals surface area contributed by atoms with Gasteiger partial charge in [0.05, 0.1) is 4.92 Å². The van der Waals surface area contributed by atoms with E-state index in [1.54, 1.807) is 12.1 Å². The second-order valence-electron chi connectivity index (χ2n) is 8.52. The molecule has 0 saturated heterocycles. The highest BCUT2D eigenvalue weighted by molar-refractivity contribution is 6.30. The first kappa shape index (κ1) is 24.5. The van der Waals surface area contributed by atoms with Gasteiger partial charge in [-0.2, -0.15) is 0 Å². The van der Waals surface area contributed by atoms with E-state index in [2.05, 4.69) is 0 Å². The van der Waals surface area contributed by atoms with Crippen LogP contribution in [0.5, 0.6) is 0 Å². The van der Waals surface area contributed by atoms with Gasteiger partial charge < -0.3 is 9.64 Å². The quantitative estimate of drug-likeness (QED) is 0.220. The molecular weight excluding hydrogens is 464 g/mol. The molecule has 9 heteroatoms. The average molecular weight is 486 g/mol. The molecule has 0 heterocycles. The predicted molar refractivity (Wildman–Crippen MR) is 129 cm³/mol. The highest BCUT2D eigenvalue weighted by Gasteiger charge is 2.39. The summed E-state index contributed by atoms with van der Waals surface area (Å²) >= 11 is 0. The van der Waals surface area contributed by atoms with E-state index in [0.29, 0.717) is 6.54 Å². The number of carbonyl (C=O) groups excluding carboxylic acids is 4. The maximum absolute atomic E-state index is 13.1. The Kier molecular flexibility index (Phi) is 6.73. The topological polar surface area (TPSA) is 124 Å². The summed E-state index contributed by atoms with van der Waals surface area (Å²) in [5, 5.41) is 12.0. The lowest BCUT2D eigenvalue weighted by atomic mass is 9.82. The maximum Gasteiger partial charge on any atom is 0.345 e. The number of esters is 1. The van der Waals surface area contributed by atoms with Crippen LogP contribution in [0.4, 0.5) is 5.69 Å². The molecule has 0 saturated carbocycles. The fourth-order valence-corrected chi connectivity index (χ4v) is 4.15. The van der Waals surface area contributed by atoms with Crippen LogP contribution in [0.2, 0.25) is 0 Å². The van der Waals surface area contributed by atoms with Crippen molar-refractivity contribution < 1.29 is 28.8 Å². The van der Waals surface area contributed by atoms with E-state index in [0.717, 1.165) is 11.6 Å². The van der Waals surface area contributed by atoms with Crippen molar-refractivity contribution in [3.05, 3.63) is 110 Å². The zero-order valence-corrected chi connectivity index (χ0v) is 19.6. The van der Waals surface area contributed by atoms with Gasteiger partial charge in [-0.3, -0.25) is 24.5 Å². The molecule has 0 atom stereocenters. The summed E-state index contributed by atoms with van der Waals surface area (Å²) in [6.07, 6.45) is 0. The van der Waals surface area contributed by atoms with Crippen LogP contribution in [0, 0.1) is 10.1 Å². The number of amides is 1. The van der Waals surface area contributed by atoms with Gasteiger partial charge in [0, 0.05) is 29.3 Å². The summed E-state index contributed by atoms with van der Waals surface area (Å²) in [4.78, 5) is 64.2. The number of ether oxygens (including phenoxy) is 1. The number of nitrogens with zero attached hydrogens (tertiary/aromatic N) is 2. The van der Waals surface area contributed by atoms with Gasteiger partial charge in [-0.05, 0) is 31.5 Å². The van der Waals surface area contributed by atoms with Crippen LogP contribution in [0.15, 0.2) is 66.7 Å². The van der Waals surface area contributed by atoms with E-state index >= 15 is 0 Å². The van der Waals surface area contributed by atoms with Crippen molar-refractivity contribution in [2.24, 2.45) is 0 Å². The number of nitro benzene ring substituents is 1. The van der Waals surface area contributed by atoms with Gasteiger partial charge in [0.25, 0.3) is 11.6 Å². The first-order chi connectivity index (χ1) is 17.2. The standard InChI is InChI=1S/C27H22N2O7/c1-16(2)28(14-17-8-4-3-5-9-17)22(30)15-36-27(33)21-13-12-20-23(24(21)29(34)35)26(32)19-11-7-6-10-18(19)25(20)31/h3-13,16H,14-15H2,1-2H3. The number of hydrogen-bond donors (Lipinski definition) is 0. The van der Waals surface area contributed by atoms with Crippen LogP contribution in [-0.2, 0) is 16.1 Å². The number of fused-ring (bicyclic) bond motifs is 2. The highest BCUT2D eigenvalue weighted by Crippen LogP contribution is 2.35. The smallest absolute Gasteiger partial charge is 0.345 e. The minimum absolute atomic E-state index is 0.0206. The maximum atomic E-state index is 13.1. The normalized spacial score (nSPS) is 12.1. The van der Waals surface area contributed by atoms with E-state index in [1.807, 2.05) is 44.2 Å². The molecule has 36 heavy (non-hydrogen) atoms. The number of carbonyl (C=O) groups is 4. The molecule has 0 bridgehead atoms. The number of hydrogen-bond acceptors (Lipinski definition) is 7. The summed E-state index contributed by atoms with van der Waals surface area (Å²) < 4.78 is 5.14. The van der Waals surface area contributed by atoms with Crippen molar-refractivity contribution >= 4 is 29.1 Å². The van der Waals surface area contributed by atoms with E-state index < -0.39 is 51.8 Å². The fourth-order valence-electron chi connectivity index (χ4n) is 4.15. The Morgan fingerprint density at radius 2 is 1.50 bits per heavy atom. The number of rotatable bonds is 7. The molecule has 1 aliphatic rings. The summed E-state index contributed by atoms with van der Waals surface area (Å²) in [7, 11) is 0. The minimum atomic E-state index is -1.14. The van der Waals surface area contributed by atoms with Crippen molar-refractivity contribution in [1.29, 1.82) is 0 Å². The Morgan fingerprint density at radius 1 is 0.889 bits per heavy atom. The van der Waals surface area contributed by atoms with Crippen molar-refractivity contribution in [3.63, 3.8) is 0 Å². The molecule has 0 unspecified atom stereocenters. The zero-order valence-electron chi connectivity index (χ0n) is 19.6. The molecule has 0 aliphatic heterocycles. The van der Waals surface area contributed by atoms with Gasteiger partial charge in [0.15, 0.2) is 12.4 Å². The molecule has 0 fully saturated rings. The molecular formula is C27H22N2O7. The largest absolute Gasteiger partial charge is 0.452 e. The Balaban J connectivity index is 1.60. The van der Waals surface area contributed by atoms with Crippen LogP contribution in [-0.4, -0.2) is 45.9 Å². The number of ketones is 2. The average Bonchev–Trinajstić information content (AvgIpc) is 2.88. The Bertz CT molecular complexity index is 1400. The van der Waals surface area contributed by atoms with Crippen molar-refractivity contribution in [2.45, 2.75) is 26.4 Å². The molecule has 0 aromatic heterocycles. The van der Waals surface area contributed by atoms with Gasteiger partial charge in [0.2, 0.25) is 5.78 Å². The minimum Gasteiger partial charge on any atom is -0.452 e. The molecule has 3 aromatic carbocycles. The first-order valence-electron chi connectivity index (χ1n) is 11.2. The number of nitro groups is 1. The van der Waals surface area contributed by atoms with Crippen LogP contribution in [0.1, 0.15) is 61.6 Å². The van der Waals surface area contributed by atoms with Crippen LogP contribution in [0.3, 0.4) is 0 Å². The molecule has 1 aliphatic carbocycles. The van der Waals surface area contributed by atoms with Crippen molar-refractivity contribution in [1.82, 2.24) is 4.90 Å². The van der Waals surface area contributed by atoms with Gasteiger partial charge >= 0.3 is 5.97 Å². The molecule has 1 amide bonds. The molecule has 0 N–H and O–H groups in total. The second-order valence-corrected chi connectivity index (χ2v) is 8.52. The zero-order chi connectivity index (χ0) is 26.0. The van der Waals surface area contributed by atoms with E-state index in [9.17, 15) is 29.3 Å². The Morgan fingerprint density at radius 3 is 2.11 bits per heavy atom. The van der Waals surface area contributed by atoms with Crippen molar-refractivity contribution in [2.75, 3.05) is 6.61 Å². The monoisotopic (exact) mass is 486 g/mol. The Hall–Kier alpha value is -4.66. The van der Waals surface area contributed by atoms with Crippen LogP contribution >= 0.6 is 0 Å². The molecule has 9 nitrogen and oxygen atoms in total. The number of benzene rings is 3. The molecule has 0 radical (unpaired) electrons. The van der Waals surface area contributed by atoms with Crippen molar-refractivity contribution in [3.8, 4) is 0 Å². The third-order valence-electron chi connectivity index (χ3n) is 5.93. The molecule has 182 valence electrons. The van der Waals surface area contributed by atoms with E-state index in [1.165, 1.54) is 23.1 Å². The molecule has 4 rings (SSSR count). The lowest BCUT2D eigenvalue weighted by Crippen LogP contribution is -2.39.